The predicted molar refractivity (Wildman–Crippen MR) is 28.7 cm³/mol. The number of rotatable bonds is 0. The smallest absolute Gasteiger partial charge is 0.0689 e. The topological polar surface area (TPSA) is 171 Å². The molecule has 0 N–H and O–H groups in total. The summed E-state index contributed by atoms with van der Waals surface area (Å²) in [5, 5.41) is 32.8. The molecule has 11 heavy (non-hydrogen) atoms. The first kappa shape index (κ1) is 22.7. The molecule has 0 aliphatic heterocycles. The van der Waals surface area contributed by atoms with Crippen LogP contribution in [0.15, 0.2) is 10.7 Å². The average Bonchev–Trinajstić information content (AvgIpc) is 1.65. The Hall–Kier alpha value is -1.49. The minimum absolute atomic E-state index is 0. The van der Waals surface area contributed by atoms with E-state index in [0.29, 0.717) is 0 Å². The van der Waals surface area contributed by atoms with Crippen molar-refractivity contribution in [2.75, 3.05) is 0 Å². The first-order valence-corrected chi connectivity index (χ1v) is 1.28. The van der Waals surface area contributed by atoms with Crippen LogP contribution in [-0.4, -0.2) is 5.09 Å². The van der Waals surface area contributed by atoms with Gasteiger partial charge < -0.3 is 35.6 Å². The fourth-order valence-corrected chi connectivity index (χ4v) is 0. The molecular formula is CoN3O7-3. The molecule has 1 radical (unpaired) electrons. The van der Waals surface area contributed by atoms with Crippen molar-refractivity contribution < 1.29 is 21.9 Å². The Labute approximate surface area is 69.0 Å². The van der Waals surface area contributed by atoms with Gasteiger partial charge >= 0.3 is 0 Å². The Bertz CT molecular complexity index is 81.7. The summed E-state index contributed by atoms with van der Waals surface area (Å²) in [6, 6.07) is 0. The molecular weight excluding hydrogens is 213 g/mol. The van der Waals surface area contributed by atoms with E-state index in [9.17, 15) is 0 Å². The molecule has 0 saturated heterocycles. The second kappa shape index (κ2) is 39.0. The third kappa shape index (κ3) is 161. The maximum Gasteiger partial charge on any atom is 0.0689 e. The van der Waals surface area contributed by atoms with Crippen LogP contribution in [0.25, 0.3) is 0 Å². The van der Waals surface area contributed by atoms with Crippen molar-refractivity contribution in [3.63, 3.8) is 0 Å². The first-order chi connectivity index (χ1) is 4.56. The summed E-state index contributed by atoms with van der Waals surface area (Å²) in [7, 11) is 0. The Balaban J connectivity index is -0.0000000325. The van der Waals surface area contributed by atoms with E-state index in [1.165, 1.54) is 0 Å². The predicted octanol–water partition coefficient (Wildman–Crippen LogP) is 0.260. The molecule has 0 spiro atoms. The SMILES string of the molecule is O=N[O-].O=N[O-].O=[N+]([O-])[O-].[Co]. The standard InChI is InChI=1S/Co.NO3.2HNO2/c;2-1(3)4;2*2-1-3/h;;2*(H,2,3)/q;-1;;/p-2. The largest absolute Gasteiger partial charge is 0.444 e. The minimum Gasteiger partial charge on any atom is -0.444 e. The number of nitrogens with zero attached hydrogens (tertiary/aromatic N) is 3. The Morgan fingerprint density at radius 3 is 1.00 bits per heavy atom. The number of hydrogen-bond acceptors (Lipinski definition) is 9. The fourth-order valence-electron chi connectivity index (χ4n) is 0. The molecule has 0 heterocycles. The fraction of sp³-hybridized carbons (Fsp3) is 0. The average molecular weight is 213 g/mol. The van der Waals surface area contributed by atoms with Gasteiger partial charge in [0, 0.05) is 16.8 Å². The van der Waals surface area contributed by atoms with Crippen molar-refractivity contribution >= 4 is 0 Å². The van der Waals surface area contributed by atoms with E-state index in [2.05, 4.69) is 0 Å². The van der Waals surface area contributed by atoms with Crippen molar-refractivity contribution in [1.82, 2.24) is 0 Å². The first-order valence-electron chi connectivity index (χ1n) is 1.28. The summed E-state index contributed by atoms with van der Waals surface area (Å²) in [4.78, 5) is 24.2. The van der Waals surface area contributed by atoms with E-state index >= 15 is 0 Å². The Kier molecular flexibility index (Phi) is 80.4. The summed E-state index contributed by atoms with van der Waals surface area (Å²) in [6.07, 6.45) is 0. The normalized spacial score (nSPS) is 4.36. The van der Waals surface area contributed by atoms with Gasteiger partial charge in [-0.15, -0.1) is 10.7 Å². The zero-order valence-corrected chi connectivity index (χ0v) is 5.57. The molecule has 0 bridgehead atoms. The van der Waals surface area contributed by atoms with Gasteiger partial charge in [-0.25, -0.2) is 0 Å². The van der Waals surface area contributed by atoms with Gasteiger partial charge in [0.15, 0.2) is 0 Å². The third-order valence-corrected chi connectivity index (χ3v) is 0. The molecule has 0 aliphatic rings. The number of hydrogen-bond donors (Lipinski definition) is 0. The second-order valence-electron chi connectivity index (χ2n) is 0.373. The van der Waals surface area contributed by atoms with E-state index < -0.39 is 5.09 Å². The van der Waals surface area contributed by atoms with Crippen molar-refractivity contribution in [3.8, 4) is 0 Å². The van der Waals surface area contributed by atoms with Crippen molar-refractivity contribution in [3.05, 3.63) is 35.6 Å². The molecule has 0 aromatic heterocycles. The van der Waals surface area contributed by atoms with E-state index in [0.717, 1.165) is 10.7 Å². The van der Waals surface area contributed by atoms with Crippen molar-refractivity contribution in [1.29, 1.82) is 0 Å². The molecule has 0 aromatic rings. The van der Waals surface area contributed by atoms with Gasteiger partial charge in [-0.2, -0.15) is 0 Å². The molecule has 0 aromatic carbocycles. The van der Waals surface area contributed by atoms with Gasteiger partial charge in [-0.1, -0.05) is 0 Å². The van der Waals surface area contributed by atoms with Crippen LogP contribution in [0.2, 0.25) is 0 Å². The van der Waals surface area contributed by atoms with Crippen LogP contribution in [0.4, 0.5) is 0 Å². The van der Waals surface area contributed by atoms with Crippen molar-refractivity contribution in [2.45, 2.75) is 0 Å². The molecule has 0 rings (SSSR count). The molecule has 11 heteroatoms. The van der Waals surface area contributed by atoms with Crippen LogP contribution in [0.5, 0.6) is 0 Å². The van der Waals surface area contributed by atoms with Crippen molar-refractivity contribution in [2.24, 2.45) is 10.7 Å². The quantitative estimate of drug-likeness (QED) is 0.315. The Morgan fingerprint density at radius 2 is 1.00 bits per heavy atom. The van der Waals surface area contributed by atoms with E-state index in [4.69, 9.17) is 35.6 Å². The van der Waals surface area contributed by atoms with Gasteiger partial charge in [0.25, 0.3) is 0 Å². The molecule has 10 nitrogen and oxygen atoms in total. The second-order valence-corrected chi connectivity index (χ2v) is 0.373. The summed E-state index contributed by atoms with van der Waals surface area (Å²) < 4.78 is 0. The van der Waals surface area contributed by atoms with Crippen LogP contribution >= 0.6 is 0 Å². The summed E-state index contributed by atoms with van der Waals surface area (Å²) in [6.45, 7) is 0. The molecule has 0 aliphatic carbocycles. The van der Waals surface area contributed by atoms with E-state index in [1.807, 2.05) is 0 Å². The van der Waals surface area contributed by atoms with Crippen LogP contribution < -0.4 is 0 Å². The van der Waals surface area contributed by atoms with Crippen LogP contribution in [0.3, 0.4) is 0 Å². The summed E-state index contributed by atoms with van der Waals surface area (Å²) in [5.74, 6) is 0. The molecule has 0 atom stereocenters. The molecule has 0 amide bonds. The molecule has 0 fully saturated rings. The summed E-state index contributed by atoms with van der Waals surface area (Å²) >= 11 is 0. The van der Waals surface area contributed by atoms with Crippen LogP contribution in [0.1, 0.15) is 0 Å². The van der Waals surface area contributed by atoms with E-state index in [-0.39, 0.29) is 16.8 Å². The van der Waals surface area contributed by atoms with Crippen LogP contribution in [0, 0.1) is 35.6 Å². The maximum atomic E-state index is 8.25. The zero-order valence-electron chi connectivity index (χ0n) is 4.53. The molecule has 0 unspecified atom stereocenters. The third-order valence-electron chi connectivity index (χ3n) is 0. The van der Waals surface area contributed by atoms with E-state index in [1.54, 1.807) is 0 Å². The summed E-state index contributed by atoms with van der Waals surface area (Å²) in [5.41, 5.74) is 0. The molecule has 0 saturated carbocycles. The van der Waals surface area contributed by atoms with Gasteiger partial charge in [0.2, 0.25) is 0 Å². The van der Waals surface area contributed by atoms with Gasteiger partial charge in [-0.05, 0) is 0 Å². The van der Waals surface area contributed by atoms with Gasteiger partial charge in [-0.3, -0.25) is 0 Å². The maximum absolute atomic E-state index is 8.25. The zero-order chi connectivity index (χ0) is 8.99. The van der Waals surface area contributed by atoms with Gasteiger partial charge in [0.05, 0.1) is 5.09 Å². The monoisotopic (exact) mass is 213 g/mol. The van der Waals surface area contributed by atoms with Gasteiger partial charge in [0.1, 0.15) is 0 Å². The Morgan fingerprint density at radius 1 is 1.00 bits per heavy atom. The van der Waals surface area contributed by atoms with Crippen LogP contribution in [-0.2, 0) is 16.8 Å². The minimum atomic E-state index is -1.75. The molecule has 69 valence electrons.